The van der Waals surface area contributed by atoms with Crippen molar-refractivity contribution in [2.75, 3.05) is 11.1 Å². The highest BCUT2D eigenvalue weighted by Crippen LogP contribution is 2.28. The van der Waals surface area contributed by atoms with Crippen LogP contribution in [0, 0.1) is 12.7 Å². The predicted octanol–water partition coefficient (Wildman–Crippen LogP) is 3.33. The topological polar surface area (TPSA) is 55.9 Å². The van der Waals surface area contributed by atoms with Crippen molar-refractivity contribution in [3.63, 3.8) is 0 Å². The van der Waals surface area contributed by atoms with Crippen molar-refractivity contribution in [1.29, 1.82) is 0 Å². The average molecular weight is 269 g/mol. The molecule has 0 spiro atoms. The molecular weight excluding hydrogens is 255 g/mol. The van der Waals surface area contributed by atoms with Gasteiger partial charge in [0, 0.05) is 11.6 Å². The van der Waals surface area contributed by atoms with Gasteiger partial charge in [-0.2, -0.15) is 5.10 Å². The minimum atomic E-state index is -0.389. The quantitative estimate of drug-likeness (QED) is 0.898. The van der Waals surface area contributed by atoms with E-state index in [1.165, 1.54) is 18.2 Å². The number of nitrogens with two attached hydrogens (primary N) is 1. The number of halogens is 2. The van der Waals surface area contributed by atoms with Crippen LogP contribution < -0.4 is 11.1 Å². The standard InChI is InChI=1S/C12H14ClFN4/c1-3-18-12(11(15)7(2)17-18)16-10-6-8(13)4-5-9(10)14/h4-6,16H,3,15H2,1-2H3. The van der Waals surface area contributed by atoms with Crippen LogP contribution in [0.2, 0.25) is 5.02 Å². The minimum absolute atomic E-state index is 0.281. The second-order valence-corrected chi connectivity index (χ2v) is 4.35. The molecule has 0 fully saturated rings. The molecule has 3 N–H and O–H groups in total. The lowest BCUT2D eigenvalue weighted by Crippen LogP contribution is -2.05. The molecule has 18 heavy (non-hydrogen) atoms. The number of aromatic nitrogens is 2. The Balaban J connectivity index is 2.42. The summed E-state index contributed by atoms with van der Waals surface area (Å²) < 4.78 is 15.3. The first-order valence-corrected chi connectivity index (χ1v) is 5.95. The van der Waals surface area contributed by atoms with Crippen LogP contribution in [-0.4, -0.2) is 9.78 Å². The molecule has 0 aliphatic rings. The maximum absolute atomic E-state index is 13.6. The van der Waals surface area contributed by atoms with Gasteiger partial charge in [0.2, 0.25) is 0 Å². The third-order valence-electron chi connectivity index (χ3n) is 2.65. The summed E-state index contributed by atoms with van der Waals surface area (Å²) in [4.78, 5) is 0. The Morgan fingerprint density at radius 1 is 1.50 bits per heavy atom. The van der Waals surface area contributed by atoms with E-state index < -0.39 is 0 Å². The molecule has 0 unspecified atom stereocenters. The van der Waals surface area contributed by atoms with Gasteiger partial charge in [-0.1, -0.05) is 11.6 Å². The highest BCUT2D eigenvalue weighted by molar-refractivity contribution is 6.30. The van der Waals surface area contributed by atoms with Gasteiger partial charge in [0.05, 0.1) is 17.1 Å². The van der Waals surface area contributed by atoms with Gasteiger partial charge in [-0.3, -0.25) is 0 Å². The van der Waals surface area contributed by atoms with Crippen LogP contribution in [0.3, 0.4) is 0 Å². The van der Waals surface area contributed by atoms with E-state index >= 15 is 0 Å². The van der Waals surface area contributed by atoms with Crippen LogP contribution in [0.1, 0.15) is 12.6 Å². The second-order valence-electron chi connectivity index (χ2n) is 3.91. The molecule has 0 aliphatic heterocycles. The third kappa shape index (κ3) is 2.26. The molecule has 0 amide bonds. The van der Waals surface area contributed by atoms with Crippen LogP contribution in [0.25, 0.3) is 0 Å². The van der Waals surface area contributed by atoms with E-state index in [9.17, 15) is 4.39 Å². The largest absolute Gasteiger partial charge is 0.394 e. The predicted molar refractivity (Wildman–Crippen MR) is 71.7 cm³/mol. The van der Waals surface area contributed by atoms with Gasteiger partial charge in [-0.15, -0.1) is 0 Å². The fourth-order valence-corrected chi connectivity index (χ4v) is 1.85. The Hall–Kier alpha value is -1.75. The van der Waals surface area contributed by atoms with Gasteiger partial charge >= 0.3 is 0 Å². The van der Waals surface area contributed by atoms with Crippen molar-refractivity contribution in [2.45, 2.75) is 20.4 Å². The van der Waals surface area contributed by atoms with Gasteiger partial charge in [0.25, 0.3) is 0 Å². The molecule has 2 rings (SSSR count). The summed E-state index contributed by atoms with van der Waals surface area (Å²) in [5.41, 5.74) is 7.42. The summed E-state index contributed by atoms with van der Waals surface area (Å²) >= 11 is 5.84. The number of nitrogen functional groups attached to an aromatic ring is 1. The number of rotatable bonds is 3. The van der Waals surface area contributed by atoms with Crippen molar-refractivity contribution < 1.29 is 4.39 Å². The van der Waals surface area contributed by atoms with Crippen LogP contribution >= 0.6 is 11.6 Å². The smallest absolute Gasteiger partial charge is 0.152 e. The van der Waals surface area contributed by atoms with Crippen molar-refractivity contribution in [1.82, 2.24) is 9.78 Å². The molecule has 1 aromatic carbocycles. The Morgan fingerprint density at radius 2 is 2.22 bits per heavy atom. The Kier molecular flexibility index (Phi) is 3.43. The molecule has 0 aliphatic carbocycles. The van der Waals surface area contributed by atoms with Crippen molar-refractivity contribution in [2.24, 2.45) is 0 Å². The lowest BCUT2D eigenvalue weighted by atomic mass is 10.3. The zero-order valence-electron chi connectivity index (χ0n) is 10.2. The zero-order valence-corrected chi connectivity index (χ0v) is 10.9. The first-order chi connectivity index (χ1) is 8.52. The minimum Gasteiger partial charge on any atom is -0.394 e. The van der Waals surface area contributed by atoms with Crippen LogP contribution in [-0.2, 0) is 6.54 Å². The number of hydrogen-bond donors (Lipinski definition) is 2. The van der Waals surface area contributed by atoms with E-state index in [0.717, 1.165) is 0 Å². The second kappa shape index (κ2) is 4.86. The molecule has 6 heteroatoms. The molecule has 0 saturated heterocycles. The van der Waals surface area contributed by atoms with E-state index in [1.54, 1.807) is 11.6 Å². The lowest BCUT2D eigenvalue weighted by Gasteiger charge is -2.10. The number of hydrogen-bond acceptors (Lipinski definition) is 3. The SMILES string of the molecule is CCn1nc(C)c(N)c1Nc1cc(Cl)ccc1F. The zero-order chi connectivity index (χ0) is 13.3. The summed E-state index contributed by atoms with van der Waals surface area (Å²) in [7, 11) is 0. The molecule has 0 saturated carbocycles. The molecule has 0 radical (unpaired) electrons. The average Bonchev–Trinajstić information content (AvgIpc) is 2.61. The van der Waals surface area contributed by atoms with Crippen molar-refractivity contribution >= 4 is 28.8 Å². The van der Waals surface area contributed by atoms with Gasteiger partial charge in [0.15, 0.2) is 5.82 Å². The Morgan fingerprint density at radius 3 is 2.89 bits per heavy atom. The highest BCUT2D eigenvalue weighted by atomic mass is 35.5. The molecule has 0 bridgehead atoms. The van der Waals surface area contributed by atoms with Gasteiger partial charge in [0.1, 0.15) is 5.82 Å². The Labute approximate surface area is 110 Å². The van der Waals surface area contributed by atoms with Crippen LogP contribution in [0.15, 0.2) is 18.2 Å². The third-order valence-corrected chi connectivity index (χ3v) is 2.89. The molecule has 1 heterocycles. The molecule has 0 atom stereocenters. The van der Waals surface area contributed by atoms with E-state index in [-0.39, 0.29) is 11.5 Å². The van der Waals surface area contributed by atoms with Crippen molar-refractivity contribution in [3.05, 3.63) is 34.7 Å². The van der Waals surface area contributed by atoms with Crippen molar-refractivity contribution in [3.8, 4) is 0 Å². The number of aryl methyl sites for hydroxylation is 2. The van der Waals surface area contributed by atoms with E-state index in [1.807, 2.05) is 6.92 Å². The lowest BCUT2D eigenvalue weighted by molar-refractivity contribution is 0.629. The van der Waals surface area contributed by atoms with Crippen LogP contribution in [0.4, 0.5) is 21.6 Å². The van der Waals surface area contributed by atoms with Gasteiger partial charge < -0.3 is 11.1 Å². The first-order valence-electron chi connectivity index (χ1n) is 5.58. The summed E-state index contributed by atoms with van der Waals surface area (Å²) in [6, 6.07) is 4.31. The fourth-order valence-electron chi connectivity index (χ4n) is 1.68. The van der Waals surface area contributed by atoms with E-state index in [0.29, 0.717) is 28.8 Å². The molecule has 4 nitrogen and oxygen atoms in total. The Bertz CT molecular complexity index is 580. The number of anilines is 3. The number of nitrogens with one attached hydrogen (secondary N) is 1. The van der Waals surface area contributed by atoms with Gasteiger partial charge in [-0.05, 0) is 32.0 Å². The first kappa shape index (κ1) is 12.7. The summed E-state index contributed by atoms with van der Waals surface area (Å²) in [5, 5.41) is 7.64. The summed E-state index contributed by atoms with van der Waals surface area (Å²) in [6.07, 6.45) is 0. The highest BCUT2D eigenvalue weighted by Gasteiger charge is 2.13. The van der Waals surface area contributed by atoms with E-state index in [2.05, 4.69) is 10.4 Å². The maximum atomic E-state index is 13.6. The van der Waals surface area contributed by atoms with Gasteiger partial charge in [-0.25, -0.2) is 9.07 Å². The fraction of sp³-hybridized carbons (Fsp3) is 0.250. The molecule has 2 aromatic rings. The number of benzene rings is 1. The number of nitrogens with zero attached hydrogens (tertiary/aromatic N) is 2. The summed E-state index contributed by atoms with van der Waals surface area (Å²) in [6.45, 7) is 4.38. The molecule has 96 valence electrons. The van der Waals surface area contributed by atoms with Crippen LogP contribution in [0.5, 0.6) is 0 Å². The normalized spacial score (nSPS) is 10.7. The summed E-state index contributed by atoms with van der Waals surface area (Å²) in [5.74, 6) is 0.191. The monoisotopic (exact) mass is 268 g/mol. The maximum Gasteiger partial charge on any atom is 0.152 e. The molecular formula is C12H14ClFN4. The molecule has 1 aromatic heterocycles. The van der Waals surface area contributed by atoms with E-state index in [4.69, 9.17) is 17.3 Å².